The third kappa shape index (κ3) is 1.27. The predicted octanol–water partition coefficient (Wildman–Crippen LogP) is -0.872. The Kier molecular flexibility index (Phi) is 1.73. The van der Waals surface area contributed by atoms with Gasteiger partial charge in [0.1, 0.15) is 0 Å². The van der Waals surface area contributed by atoms with E-state index in [0.717, 1.165) is 0 Å². The number of nitrogens with two attached hydrogens (primary N) is 1. The first-order valence-corrected chi connectivity index (χ1v) is 4.71. The van der Waals surface area contributed by atoms with E-state index >= 15 is 0 Å². The Morgan fingerprint density at radius 2 is 1.94 bits per heavy atom. The summed E-state index contributed by atoms with van der Waals surface area (Å²) in [6, 6.07) is 4.66. The number of rotatable bonds is 1. The molecule has 1 aliphatic rings. The van der Waals surface area contributed by atoms with Gasteiger partial charge < -0.3 is 5.73 Å². The van der Waals surface area contributed by atoms with Crippen LogP contribution in [0.15, 0.2) is 18.2 Å². The zero-order valence-electron chi connectivity index (χ0n) is 8.41. The molecule has 0 bridgehead atoms. The third-order valence-electron chi connectivity index (χ3n) is 2.46. The Morgan fingerprint density at radius 1 is 1.18 bits per heavy atom. The van der Waals surface area contributed by atoms with Gasteiger partial charge in [-0.3, -0.25) is 14.9 Å². The van der Waals surface area contributed by atoms with E-state index in [0.29, 0.717) is 16.8 Å². The average molecular weight is 230 g/mol. The van der Waals surface area contributed by atoms with Crippen LogP contribution < -0.4 is 11.1 Å². The number of nitrogens with one attached hydrogen (secondary N) is 1. The van der Waals surface area contributed by atoms with Gasteiger partial charge in [-0.25, -0.2) is 0 Å². The molecule has 0 saturated heterocycles. The van der Waals surface area contributed by atoms with Crippen molar-refractivity contribution in [2.75, 3.05) is 5.73 Å². The second-order valence-electron chi connectivity index (χ2n) is 3.46. The van der Waals surface area contributed by atoms with Crippen molar-refractivity contribution in [3.63, 3.8) is 0 Å². The van der Waals surface area contributed by atoms with Crippen molar-refractivity contribution in [2.45, 2.75) is 0 Å². The summed E-state index contributed by atoms with van der Waals surface area (Å²) in [5, 5.41) is 12.8. The number of carbonyl (C=O) groups is 2. The number of carbonyl (C=O) groups excluding carboxylic acids is 2. The highest BCUT2D eigenvalue weighted by atomic mass is 16.2. The molecule has 0 radical (unpaired) electrons. The molecule has 1 aliphatic heterocycles. The van der Waals surface area contributed by atoms with Crippen molar-refractivity contribution in [2.24, 2.45) is 0 Å². The average Bonchev–Trinajstić information content (AvgIpc) is 2.84. The zero-order chi connectivity index (χ0) is 12.0. The lowest BCUT2D eigenvalue weighted by Gasteiger charge is -2.02. The molecule has 0 atom stereocenters. The van der Waals surface area contributed by atoms with Crippen LogP contribution in [0.25, 0.3) is 5.69 Å². The molecule has 17 heavy (non-hydrogen) atoms. The van der Waals surface area contributed by atoms with E-state index in [2.05, 4.69) is 20.8 Å². The van der Waals surface area contributed by atoms with Crippen molar-refractivity contribution in [3.8, 4) is 5.69 Å². The number of tetrazole rings is 1. The van der Waals surface area contributed by atoms with Gasteiger partial charge in [0.2, 0.25) is 5.95 Å². The van der Waals surface area contributed by atoms with E-state index in [1.807, 2.05) is 0 Å². The first-order chi connectivity index (χ1) is 8.16. The quantitative estimate of drug-likeness (QED) is 0.615. The molecule has 3 N–H and O–H groups in total. The summed E-state index contributed by atoms with van der Waals surface area (Å²) in [7, 11) is 0. The van der Waals surface area contributed by atoms with Crippen molar-refractivity contribution >= 4 is 17.8 Å². The maximum Gasteiger partial charge on any atom is 0.259 e. The molecule has 2 amide bonds. The van der Waals surface area contributed by atoms with E-state index in [4.69, 9.17) is 5.73 Å². The van der Waals surface area contributed by atoms with Crippen LogP contribution in [0.3, 0.4) is 0 Å². The minimum atomic E-state index is -0.432. The molecule has 1 aromatic carbocycles. The van der Waals surface area contributed by atoms with Crippen molar-refractivity contribution in [1.82, 2.24) is 25.5 Å². The van der Waals surface area contributed by atoms with Crippen LogP contribution in [0.4, 0.5) is 5.95 Å². The van der Waals surface area contributed by atoms with Gasteiger partial charge in [-0.15, -0.1) is 0 Å². The number of nitrogen functional groups attached to an aromatic ring is 1. The van der Waals surface area contributed by atoms with Gasteiger partial charge in [0.25, 0.3) is 11.8 Å². The monoisotopic (exact) mass is 230 g/mol. The molecular weight excluding hydrogens is 224 g/mol. The number of imide groups is 1. The largest absolute Gasteiger partial charge is 0.366 e. The number of hydrogen-bond donors (Lipinski definition) is 2. The first kappa shape index (κ1) is 9.46. The standard InChI is InChI=1S/C9H6N6O2/c10-9-12-13-14-15(9)4-1-2-5-6(3-4)8(17)11-7(5)16/h1-3H,(H2,10,12,14)(H,11,16,17). The molecule has 84 valence electrons. The predicted molar refractivity (Wildman–Crippen MR) is 55.4 cm³/mol. The summed E-state index contributed by atoms with van der Waals surface area (Å²) < 4.78 is 1.27. The first-order valence-electron chi connectivity index (χ1n) is 4.71. The van der Waals surface area contributed by atoms with Crippen LogP contribution in [0.5, 0.6) is 0 Å². The molecule has 0 unspecified atom stereocenters. The number of amides is 2. The van der Waals surface area contributed by atoms with E-state index < -0.39 is 11.8 Å². The normalized spacial score (nSPS) is 13.6. The van der Waals surface area contributed by atoms with Gasteiger partial charge in [0.15, 0.2) is 0 Å². The summed E-state index contributed by atoms with van der Waals surface area (Å²) in [6.45, 7) is 0. The highest BCUT2D eigenvalue weighted by molar-refractivity contribution is 6.21. The topological polar surface area (TPSA) is 116 Å². The van der Waals surface area contributed by atoms with Crippen molar-refractivity contribution in [1.29, 1.82) is 0 Å². The number of hydrogen-bond acceptors (Lipinski definition) is 6. The lowest BCUT2D eigenvalue weighted by molar-refractivity contribution is 0.0879. The van der Waals surface area contributed by atoms with Gasteiger partial charge in [0, 0.05) is 0 Å². The molecule has 0 saturated carbocycles. The molecule has 0 aliphatic carbocycles. The summed E-state index contributed by atoms with van der Waals surface area (Å²) in [6.07, 6.45) is 0. The Morgan fingerprint density at radius 3 is 2.65 bits per heavy atom. The number of anilines is 1. The second kappa shape index (κ2) is 3.11. The summed E-state index contributed by atoms with van der Waals surface area (Å²) in [4.78, 5) is 22.8. The molecular formula is C9H6N6O2. The van der Waals surface area contributed by atoms with Crippen LogP contribution in [0.1, 0.15) is 20.7 Å². The molecule has 8 nitrogen and oxygen atoms in total. The SMILES string of the molecule is Nc1nnnn1-c1ccc2c(c1)C(=O)NC2=O. The molecule has 2 aromatic rings. The van der Waals surface area contributed by atoms with E-state index in [9.17, 15) is 9.59 Å². The van der Waals surface area contributed by atoms with Gasteiger partial charge in [-0.1, -0.05) is 5.10 Å². The van der Waals surface area contributed by atoms with Crippen LogP contribution in [0.2, 0.25) is 0 Å². The van der Waals surface area contributed by atoms with Gasteiger partial charge in [-0.2, -0.15) is 4.68 Å². The third-order valence-corrected chi connectivity index (χ3v) is 2.46. The van der Waals surface area contributed by atoms with E-state index in [1.165, 1.54) is 16.8 Å². The Balaban J connectivity index is 2.17. The second-order valence-corrected chi connectivity index (χ2v) is 3.46. The number of fused-ring (bicyclic) bond motifs is 1. The molecule has 1 aromatic heterocycles. The molecule has 8 heteroatoms. The van der Waals surface area contributed by atoms with Crippen LogP contribution in [-0.2, 0) is 0 Å². The molecule has 0 fully saturated rings. The lowest BCUT2D eigenvalue weighted by Crippen LogP contribution is -2.19. The number of aromatic nitrogens is 4. The Labute approximate surface area is 94.4 Å². The van der Waals surface area contributed by atoms with E-state index in [1.54, 1.807) is 6.07 Å². The summed E-state index contributed by atoms with van der Waals surface area (Å²) in [5.74, 6) is -0.727. The fourth-order valence-corrected chi connectivity index (χ4v) is 1.67. The Bertz CT molecular complexity index is 647. The zero-order valence-corrected chi connectivity index (χ0v) is 8.41. The van der Waals surface area contributed by atoms with Crippen molar-refractivity contribution in [3.05, 3.63) is 29.3 Å². The van der Waals surface area contributed by atoms with Crippen LogP contribution in [0, 0.1) is 0 Å². The smallest absolute Gasteiger partial charge is 0.259 e. The maximum absolute atomic E-state index is 11.5. The van der Waals surface area contributed by atoms with E-state index in [-0.39, 0.29) is 5.95 Å². The molecule has 2 heterocycles. The molecule has 0 spiro atoms. The minimum Gasteiger partial charge on any atom is -0.366 e. The van der Waals surface area contributed by atoms with Gasteiger partial charge in [0.05, 0.1) is 16.8 Å². The van der Waals surface area contributed by atoms with Gasteiger partial charge in [-0.05, 0) is 28.6 Å². The minimum absolute atomic E-state index is 0.106. The summed E-state index contributed by atoms with van der Waals surface area (Å²) in [5.41, 5.74) is 6.70. The van der Waals surface area contributed by atoms with Crippen LogP contribution in [-0.4, -0.2) is 32.0 Å². The fraction of sp³-hybridized carbons (Fsp3) is 0. The lowest BCUT2D eigenvalue weighted by atomic mass is 10.1. The van der Waals surface area contributed by atoms with Gasteiger partial charge >= 0.3 is 0 Å². The summed E-state index contributed by atoms with van der Waals surface area (Å²) >= 11 is 0. The van der Waals surface area contributed by atoms with Crippen LogP contribution >= 0.6 is 0 Å². The highest BCUT2D eigenvalue weighted by Gasteiger charge is 2.27. The maximum atomic E-state index is 11.5. The number of nitrogens with zero attached hydrogens (tertiary/aromatic N) is 4. The Hall–Kier alpha value is -2.77. The number of benzene rings is 1. The fourth-order valence-electron chi connectivity index (χ4n) is 1.67. The molecule has 3 rings (SSSR count). The van der Waals surface area contributed by atoms with Crippen molar-refractivity contribution < 1.29 is 9.59 Å². The highest BCUT2D eigenvalue weighted by Crippen LogP contribution is 2.19.